The van der Waals surface area contributed by atoms with E-state index in [0.29, 0.717) is 17.6 Å². The van der Waals surface area contributed by atoms with Gasteiger partial charge >= 0.3 is 0 Å². The highest BCUT2D eigenvalue weighted by atomic mass is 16.5. The second-order valence-corrected chi connectivity index (χ2v) is 8.30. The molecule has 25 heavy (non-hydrogen) atoms. The smallest absolute Gasteiger partial charge is 0.191 e. The van der Waals surface area contributed by atoms with Crippen LogP contribution >= 0.6 is 0 Å². The van der Waals surface area contributed by atoms with Crippen LogP contribution in [0, 0.1) is 5.41 Å². The molecule has 2 N–H and O–H groups in total. The molecule has 2 unspecified atom stereocenters. The Morgan fingerprint density at radius 2 is 2.04 bits per heavy atom. The van der Waals surface area contributed by atoms with E-state index in [1.807, 2.05) is 7.05 Å². The maximum absolute atomic E-state index is 5.96. The minimum atomic E-state index is 0.0863. The number of ether oxygens (including phenoxy) is 2. The summed E-state index contributed by atoms with van der Waals surface area (Å²) in [5.41, 5.74) is 0.441. The number of nitrogens with one attached hydrogen (secondary N) is 2. The summed E-state index contributed by atoms with van der Waals surface area (Å²) in [5.74, 6) is 0.924. The molecule has 1 aliphatic heterocycles. The van der Waals surface area contributed by atoms with E-state index >= 15 is 0 Å². The number of guanidine groups is 1. The Kier molecular flexibility index (Phi) is 5.91. The molecule has 2 aliphatic carbocycles. The molecule has 0 bridgehead atoms. The van der Waals surface area contributed by atoms with Crippen molar-refractivity contribution in [3.8, 4) is 0 Å². The van der Waals surface area contributed by atoms with Gasteiger partial charge in [0.15, 0.2) is 5.96 Å². The lowest BCUT2D eigenvalue weighted by molar-refractivity contribution is -0.168. The summed E-state index contributed by atoms with van der Waals surface area (Å²) in [4.78, 5) is 6.96. The fourth-order valence-electron chi connectivity index (χ4n) is 4.58. The van der Waals surface area contributed by atoms with Crippen molar-refractivity contribution in [2.24, 2.45) is 10.4 Å². The van der Waals surface area contributed by atoms with Crippen LogP contribution in [0.1, 0.15) is 46.5 Å². The van der Waals surface area contributed by atoms with E-state index in [9.17, 15) is 0 Å². The number of hydrogen-bond acceptors (Lipinski definition) is 4. The molecule has 3 fully saturated rings. The van der Waals surface area contributed by atoms with Gasteiger partial charge in [0.2, 0.25) is 0 Å². The molecule has 2 saturated carbocycles. The Balaban J connectivity index is 1.50. The van der Waals surface area contributed by atoms with Crippen LogP contribution in [0.3, 0.4) is 0 Å². The van der Waals surface area contributed by atoms with Crippen LogP contribution < -0.4 is 10.6 Å². The number of rotatable bonds is 6. The molecule has 0 aromatic carbocycles. The third-order valence-electron chi connectivity index (χ3n) is 6.53. The molecule has 1 spiro atoms. The van der Waals surface area contributed by atoms with Crippen LogP contribution in [0.15, 0.2) is 4.99 Å². The summed E-state index contributed by atoms with van der Waals surface area (Å²) in [7, 11) is 1.86. The quantitative estimate of drug-likeness (QED) is 0.562. The third-order valence-corrected chi connectivity index (χ3v) is 6.53. The topological polar surface area (TPSA) is 58.1 Å². The summed E-state index contributed by atoms with van der Waals surface area (Å²) in [6.45, 7) is 12.0. The standard InChI is InChI=1S/C19H36N4O2/c1-5-25-16-13-15(19(16)7-6-8-19)22-17(20-4)21-14-18(2,3)23-9-11-24-12-10-23/h15-16H,5-14H2,1-4H3,(H2,20,21,22). The van der Waals surface area contributed by atoms with E-state index in [1.54, 1.807) is 0 Å². The van der Waals surface area contributed by atoms with Crippen LogP contribution in [0.25, 0.3) is 0 Å². The summed E-state index contributed by atoms with van der Waals surface area (Å²) < 4.78 is 11.4. The van der Waals surface area contributed by atoms with Gasteiger partial charge in [-0.1, -0.05) is 6.42 Å². The molecule has 6 nitrogen and oxygen atoms in total. The van der Waals surface area contributed by atoms with E-state index < -0.39 is 0 Å². The minimum Gasteiger partial charge on any atom is -0.379 e. The molecule has 144 valence electrons. The Morgan fingerprint density at radius 1 is 1.32 bits per heavy atom. The van der Waals surface area contributed by atoms with Gasteiger partial charge in [0, 0.05) is 50.3 Å². The number of hydrogen-bond donors (Lipinski definition) is 2. The van der Waals surface area contributed by atoms with E-state index in [4.69, 9.17) is 9.47 Å². The maximum atomic E-state index is 5.96. The lowest BCUT2D eigenvalue weighted by Crippen LogP contribution is -2.69. The highest BCUT2D eigenvalue weighted by Gasteiger charge is 2.59. The zero-order valence-corrected chi connectivity index (χ0v) is 16.4. The van der Waals surface area contributed by atoms with Crippen molar-refractivity contribution >= 4 is 5.96 Å². The SMILES string of the molecule is CCOC1CC(NC(=NC)NCC(C)(C)N2CCOCC2)C12CCC2. The molecule has 0 radical (unpaired) electrons. The number of nitrogens with zero attached hydrogens (tertiary/aromatic N) is 2. The van der Waals surface area contributed by atoms with Gasteiger partial charge in [0.25, 0.3) is 0 Å². The van der Waals surface area contributed by atoms with Crippen LogP contribution in [0.2, 0.25) is 0 Å². The van der Waals surface area contributed by atoms with Gasteiger partial charge in [-0.05, 0) is 40.0 Å². The Hall–Kier alpha value is -0.850. The largest absolute Gasteiger partial charge is 0.379 e. The highest BCUT2D eigenvalue weighted by Crippen LogP contribution is 2.57. The first-order valence-electron chi connectivity index (χ1n) is 9.93. The molecule has 1 heterocycles. The van der Waals surface area contributed by atoms with Crippen LogP contribution in [-0.4, -0.2) is 75.0 Å². The molecule has 6 heteroatoms. The highest BCUT2D eigenvalue weighted by molar-refractivity contribution is 5.80. The average Bonchev–Trinajstić information content (AvgIpc) is 2.56. The molecule has 1 saturated heterocycles. The predicted molar refractivity (Wildman–Crippen MR) is 101 cm³/mol. The van der Waals surface area contributed by atoms with E-state index in [0.717, 1.165) is 51.8 Å². The van der Waals surface area contributed by atoms with Crippen molar-refractivity contribution in [2.45, 2.75) is 64.1 Å². The first-order valence-corrected chi connectivity index (χ1v) is 9.93. The second kappa shape index (κ2) is 7.80. The number of morpholine rings is 1. The fraction of sp³-hybridized carbons (Fsp3) is 0.947. The van der Waals surface area contributed by atoms with Crippen molar-refractivity contribution in [3.05, 3.63) is 0 Å². The Bertz CT molecular complexity index is 470. The molecule has 0 aromatic heterocycles. The minimum absolute atomic E-state index is 0.0863. The normalized spacial score (nSPS) is 29.8. The molecule has 3 rings (SSSR count). The molecule has 3 aliphatic rings. The molecule has 0 aromatic rings. The molecule has 2 atom stereocenters. The predicted octanol–water partition coefficient (Wildman–Crippen LogP) is 1.61. The van der Waals surface area contributed by atoms with Crippen molar-refractivity contribution in [1.82, 2.24) is 15.5 Å². The van der Waals surface area contributed by atoms with Gasteiger partial charge < -0.3 is 20.1 Å². The van der Waals surface area contributed by atoms with Crippen molar-refractivity contribution in [3.63, 3.8) is 0 Å². The third kappa shape index (κ3) is 3.81. The van der Waals surface area contributed by atoms with Gasteiger partial charge in [0.1, 0.15) is 0 Å². The van der Waals surface area contributed by atoms with E-state index in [1.165, 1.54) is 19.3 Å². The summed E-state index contributed by atoms with van der Waals surface area (Å²) in [6, 6.07) is 0.496. The van der Waals surface area contributed by atoms with Gasteiger partial charge in [-0.25, -0.2) is 0 Å². The molecular weight excluding hydrogens is 316 g/mol. The van der Waals surface area contributed by atoms with Gasteiger partial charge in [-0.2, -0.15) is 0 Å². The molecule has 0 amide bonds. The van der Waals surface area contributed by atoms with Crippen LogP contribution in [0.4, 0.5) is 0 Å². The van der Waals surface area contributed by atoms with E-state index in [-0.39, 0.29) is 5.54 Å². The Labute approximate surface area is 152 Å². The zero-order valence-electron chi connectivity index (χ0n) is 16.4. The van der Waals surface area contributed by atoms with Crippen molar-refractivity contribution in [2.75, 3.05) is 46.5 Å². The van der Waals surface area contributed by atoms with Gasteiger partial charge in [-0.15, -0.1) is 0 Å². The summed E-state index contributed by atoms with van der Waals surface area (Å²) in [5, 5.41) is 7.23. The summed E-state index contributed by atoms with van der Waals surface area (Å²) in [6.07, 6.45) is 5.43. The zero-order chi connectivity index (χ0) is 17.9. The number of aliphatic imine (C=N–C) groups is 1. The lowest BCUT2D eigenvalue weighted by Gasteiger charge is -2.61. The monoisotopic (exact) mass is 352 g/mol. The maximum Gasteiger partial charge on any atom is 0.191 e. The first-order chi connectivity index (χ1) is 12.0. The van der Waals surface area contributed by atoms with Crippen molar-refractivity contribution < 1.29 is 9.47 Å². The van der Waals surface area contributed by atoms with Gasteiger partial charge in [-0.3, -0.25) is 9.89 Å². The first kappa shape index (κ1) is 18.9. The van der Waals surface area contributed by atoms with Crippen LogP contribution in [-0.2, 0) is 9.47 Å². The van der Waals surface area contributed by atoms with Crippen molar-refractivity contribution in [1.29, 1.82) is 0 Å². The second-order valence-electron chi connectivity index (χ2n) is 8.30. The lowest BCUT2D eigenvalue weighted by atomic mass is 9.51. The average molecular weight is 353 g/mol. The van der Waals surface area contributed by atoms with Gasteiger partial charge in [0.05, 0.1) is 19.3 Å². The Morgan fingerprint density at radius 3 is 2.60 bits per heavy atom. The van der Waals surface area contributed by atoms with Crippen LogP contribution in [0.5, 0.6) is 0 Å². The van der Waals surface area contributed by atoms with E-state index in [2.05, 4.69) is 41.3 Å². The fourth-order valence-corrected chi connectivity index (χ4v) is 4.58. The molecular formula is C19H36N4O2. The summed E-state index contributed by atoms with van der Waals surface area (Å²) >= 11 is 0.